The smallest absolute Gasteiger partial charge is 0.244 e. The molecule has 0 spiro atoms. The Kier molecular flexibility index (Phi) is 2.22. The molecule has 0 aliphatic carbocycles. The Balaban J connectivity index is 2.00. The Hall–Kier alpha value is -1.75. The molecule has 2 heterocycles. The molecular weight excluding hydrogens is 220 g/mol. The molecule has 1 aromatic carbocycles. The van der Waals surface area contributed by atoms with Crippen LogP contribution < -0.4 is 20.1 Å². The lowest BCUT2D eigenvalue weighted by Crippen LogP contribution is -2.59. The largest absolute Gasteiger partial charge is 0.454 e. The molecule has 1 fully saturated rings. The van der Waals surface area contributed by atoms with Crippen molar-refractivity contribution in [2.24, 2.45) is 0 Å². The van der Waals surface area contributed by atoms with Crippen LogP contribution in [0, 0.1) is 0 Å². The van der Waals surface area contributed by atoms with Crippen LogP contribution in [0.25, 0.3) is 0 Å². The van der Waals surface area contributed by atoms with Gasteiger partial charge in [-0.3, -0.25) is 10.1 Å². The molecule has 1 atom stereocenters. The summed E-state index contributed by atoms with van der Waals surface area (Å²) in [5.74, 6) is 1.42. The molecule has 0 aromatic heterocycles. The number of nitrogens with one attached hydrogen (secondary N) is 2. The Labute approximate surface area is 99.1 Å². The van der Waals surface area contributed by atoms with Gasteiger partial charge in [-0.2, -0.15) is 0 Å². The summed E-state index contributed by atoms with van der Waals surface area (Å²) in [5, 5.41) is 6.11. The fraction of sp³-hybridized carbons (Fsp3) is 0.417. The zero-order valence-corrected chi connectivity index (χ0v) is 9.58. The molecule has 2 N–H and O–H groups in total. The molecule has 5 heteroatoms. The molecule has 17 heavy (non-hydrogen) atoms. The predicted molar refractivity (Wildman–Crippen MR) is 60.9 cm³/mol. The number of ether oxygens (including phenoxy) is 2. The van der Waals surface area contributed by atoms with Crippen LogP contribution in [0.1, 0.15) is 12.5 Å². The normalized spacial score (nSPS) is 26.8. The molecule has 3 rings (SSSR count). The third-order valence-corrected chi connectivity index (χ3v) is 3.29. The molecule has 1 aromatic rings. The first kappa shape index (κ1) is 10.4. The van der Waals surface area contributed by atoms with E-state index in [1.165, 1.54) is 0 Å². The maximum absolute atomic E-state index is 12.0. The quantitative estimate of drug-likeness (QED) is 0.736. The second kappa shape index (κ2) is 3.63. The van der Waals surface area contributed by atoms with Gasteiger partial charge >= 0.3 is 0 Å². The van der Waals surface area contributed by atoms with Crippen LogP contribution in [0.15, 0.2) is 18.2 Å². The van der Waals surface area contributed by atoms with Crippen molar-refractivity contribution in [3.8, 4) is 11.5 Å². The summed E-state index contributed by atoms with van der Waals surface area (Å²) < 4.78 is 10.6. The Morgan fingerprint density at radius 3 is 2.88 bits per heavy atom. The fourth-order valence-corrected chi connectivity index (χ4v) is 2.19. The van der Waals surface area contributed by atoms with Gasteiger partial charge in [-0.05, 0) is 24.6 Å². The van der Waals surface area contributed by atoms with Gasteiger partial charge in [0, 0.05) is 13.1 Å². The van der Waals surface area contributed by atoms with Crippen molar-refractivity contribution in [1.82, 2.24) is 10.6 Å². The van der Waals surface area contributed by atoms with Gasteiger partial charge in [0.1, 0.15) is 5.54 Å². The SMILES string of the molecule is CC1(c2ccc3c(c2)OCO3)NCCNC1=O. The van der Waals surface area contributed by atoms with Gasteiger partial charge in [0.15, 0.2) is 11.5 Å². The van der Waals surface area contributed by atoms with E-state index in [2.05, 4.69) is 10.6 Å². The summed E-state index contributed by atoms with van der Waals surface area (Å²) in [6.07, 6.45) is 0. The lowest BCUT2D eigenvalue weighted by atomic mass is 9.89. The molecule has 2 aliphatic heterocycles. The highest BCUT2D eigenvalue weighted by Gasteiger charge is 2.37. The van der Waals surface area contributed by atoms with E-state index in [1.54, 1.807) is 0 Å². The number of carbonyl (C=O) groups excluding carboxylic acids is 1. The minimum atomic E-state index is -0.695. The average Bonchev–Trinajstić information content (AvgIpc) is 2.80. The number of amides is 1. The van der Waals surface area contributed by atoms with Crippen molar-refractivity contribution >= 4 is 5.91 Å². The third-order valence-electron chi connectivity index (χ3n) is 3.29. The first-order valence-corrected chi connectivity index (χ1v) is 5.63. The van der Waals surface area contributed by atoms with Crippen LogP contribution in [-0.4, -0.2) is 25.8 Å². The van der Waals surface area contributed by atoms with E-state index in [0.29, 0.717) is 12.3 Å². The standard InChI is InChI=1S/C12H14N2O3/c1-12(11(15)13-4-5-14-12)8-2-3-9-10(6-8)17-7-16-9/h2-3,6,14H,4-5,7H2,1H3,(H,13,15). The van der Waals surface area contributed by atoms with Gasteiger partial charge in [-0.25, -0.2) is 0 Å². The molecule has 0 saturated carbocycles. The monoisotopic (exact) mass is 234 g/mol. The molecule has 1 amide bonds. The van der Waals surface area contributed by atoms with Crippen molar-refractivity contribution in [2.75, 3.05) is 19.9 Å². The minimum Gasteiger partial charge on any atom is -0.454 e. The summed E-state index contributed by atoms with van der Waals surface area (Å²) >= 11 is 0. The van der Waals surface area contributed by atoms with Gasteiger partial charge in [0.2, 0.25) is 12.7 Å². The van der Waals surface area contributed by atoms with E-state index in [4.69, 9.17) is 9.47 Å². The van der Waals surface area contributed by atoms with Crippen LogP contribution in [0.3, 0.4) is 0 Å². The van der Waals surface area contributed by atoms with Gasteiger partial charge < -0.3 is 14.8 Å². The molecular formula is C12H14N2O3. The molecule has 90 valence electrons. The first-order valence-electron chi connectivity index (χ1n) is 5.63. The van der Waals surface area contributed by atoms with E-state index in [-0.39, 0.29) is 12.7 Å². The second-order valence-corrected chi connectivity index (χ2v) is 4.38. The lowest BCUT2D eigenvalue weighted by molar-refractivity contribution is -0.128. The van der Waals surface area contributed by atoms with E-state index in [0.717, 1.165) is 17.9 Å². The van der Waals surface area contributed by atoms with Crippen molar-refractivity contribution in [2.45, 2.75) is 12.5 Å². The van der Waals surface area contributed by atoms with Crippen LogP contribution in [0.5, 0.6) is 11.5 Å². The van der Waals surface area contributed by atoms with Crippen molar-refractivity contribution in [3.05, 3.63) is 23.8 Å². The highest BCUT2D eigenvalue weighted by Crippen LogP contribution is 2.36. The minimum absolute atomic E-state index is 0.0115. The number of carbonyl (C=O) groups is 1. The van der Waals surface area contributed by atoms with E-state index < -0.39 is 5.54 Å². The molecule has 0 bridgehead atoms. The lowest BCUT2D eigenvalue weighted by Gasteiger charge is -2.34. The Bertz CT molecular complexity index is 475. The van der Waals surface area contributed by atoms with E-state index >= 15 is 0 Å². The summed E-state index contributed by atoms with van der Waals surface area (Å²) in [7, 11) is 0. The fourth-order valence-electron chi connectivity index (χ4n) is 2.19. The number of hydrogen-bond acceptors (Lipinski definition) is 4. The number of piperazine rings is 1. The highest BCUT2D eigenvalue weighted by molar-refractivity contribution is 5.88. The van der Waals surface area contributed by atoms with Gasteiger partial charge in [-0.1, -0.05) is 6.07 Å². The predicted octanol–water partition coefficient (Wildman–Crippen LogP) is 0.350. The van der Waals surface area contributed by atoms with Crippen molar-refractivity contribution < 1.29 is 14.3 Å². The van der Waals surface area contributed by atoms with Crippen LogP contribution in [0.2, 0.25) is 0 Å². The molecule has 1 unspecified atom stereocenters. The highest BCUT2D eigenvalue weighted by atomic mass is 16.7. The average molecular weight is 234 g/mol. The summed E-state index contributed by atoms with van der Waals surface area (Å²) in [4.78, 5) is 12.0. The zero-order valence-electron chi connectivity index (χ0n) is 9.58. The third kappa shape index (κ3) is 1.54. The van der Waals surface area contributed by atoms with Crippen LogP contribution in [0.4, 0.5) is 0 Å². The second-order valence-electron chi connectivity index (χ2n) is 4.38. The number of fused-ring (bicyclic) bond motifs is 1. The zero-order chi connectivity index (χ0) is 11.9. The van der Waals surface area contributed by atoms with E-state index in [9.17, 15) is 4.79 Å². The number of benzene rings is 1. The van der Waals surface area contributed by atoms with Crippen molar-refractivity contribution in [3.63, 3.8) is 0 Å². The summed E-state index contributed by atoms with van der Waals surface area (Å²) in [6, 6.07) is 5.60. The maximum Gasteiger partial charge on any atom is 0.244 e. The molecule has 0 radical (unpaired) electrons. The van der Waals surface area contributed by atoms with Crippen molar-refractivity contribution in [1.29, 1.82) is 0 Å². The van der Waals surface area contributed by atoms with Gasteiger partial charge in [-0.15, -0.1) is 0 Å². The Morgan fingerprint density at radius 1 is 1.24 bits per heavy atom. The number of hydrogen-bond donors (Lipinski definition) is 2. The maximum atomic E-state index is 12.0. The molecule has 2 aliphatic rings. The van der Waals surface area contributed by atoms with Gasteiger partial charge in [0.25, 0.3) is 0 Å². The van der Waals surface area contributed by atoms with Gasteiger partial charge in [0.05, 0.1) is 0 Å². The van der Waals surface area contributed by atoms with Crippen LogP contribution >= 0.6 is 0 Å². The molecule has 1 saturated heterocycles. The topological polar surface area (TPSA) is 59.6 Å². The number of rotatable bonds is 1. The summed E-state index contributed by atoms with van der Waals surface area (Å²) in [6.45, 7) is 3.55. The Morgan fingerprint density at radius 2 is 2.06 bits per heavy atom. The summed E-state index contributed by atoms with van der Waals surface area (Å²) in [5.41, 5.74) is 0.193. The molecule has 5 nitrogen and oxygen atoms in total. The first-order chi connectivity index (χ1) is 8.20. The van der Waals surface area contributed by atoms with Crippen LogP contribution in [-0.2, 0) is 10.3 Å². The van der Waals surface area contributed by atoms with E-state index in [1.807, 2.05) is 25.1 Å².